The fourth-order valence-corrected chi connectivity index (χ4v) is 8.56. The molecule has 0 radical (unpaired) electrons. The fraction of sp³-hybridized carbons (Fsp3) is 0.353. The molecule has 0 bridgehead atoms. The van der Waals surface area contributed by atoms with E-state index in [0.717, 1.165) is 24.4 Å². The Morgan fingerprint density at radius 3 is 2.33 bits per heavy atom. The SMILES string of the molecule is COc1cc(C2C3=CCC4C(=O)N(c5ccc(N6CCOCC6)cc5)C(=O)C4C3CC3=C2C(=O)C=C(C)C3=O)c(Br)c(Br)c1O. The molecule has 45 heavy (non-hydrogen) atoms. The first-order chi connectivity index (χ1) is 21.6. The normalized spacial score (nSPS) is 26.4. The molecule has 3 aliphatic carbocycles. The molecule has 4 unspecified atom stereocenters. The summed E-state index contributed by atoms with van der Waals surface area (Å²) in [6.45, 7) is 4.47. The highest BCUT2D eigenvalue weighted by molar-refractivity contribution is 9.13. The zero-order valence-electron chi connectivity index (χ0n) is 24.6. The third-order valence-corrected chi connectivity index (χ3v) is 11.9. The van der Waals surface area contributed by atoms with Crippen molar-refractivity contribution in [2.75, 3.05) is 43.2 Å². The first kappa shape index (κ1) is 30.1. The molecule has 0 spiro atoms. The Bertz CT molecular complexity index is 1770. The number of carbonyl (C=O) groups is 4. The van der Waals surface area contributed by atoms with E-state index in [-0.39, 0.29) is 41.3 Å². The summed E-state index contributed by atoms with van der Waals surface area (Å²) in [5.74, 6) is -3.41. The van der Waals surface area contributed by atoms with Crippen LogP contribution in [-0.2, 0) is 23.9 Å². The van der Waals surface area contributed by atoms with Gasteiger partial charge in [-0.05, 0) is 99.5 Å². The number of amides is 2. The van der Waals surface area contributed by atoms with Crippen LogP contribution in [0.2, 0.25) is 0 Å². The summed E-state index contributed by atoms with van der Waals surface area (Å²) in [6.07, 6.45) is 3.85. The molecule has 2 aliphatic heterocycles. The van der Waals surface area contributed by atoms with E-state index in [9.17, 15) is 24.3 Å². The van der Waals surface area contributed by atoms with Gasteiger partial charge >= 0.3 is 0 Å². The van der Waals surface area contributed by atoms with E-state index in [0.29, 0.717) is 56.6 Å². The van der Waals surface area contributed by atoms with E-state index in [2.05, 4.69) is 36.8 Å². The van der Waals surface area contributed by atoms with Crippen molar-refractivity contribution >= 4 is 66.6 Å². The van der Waals surface area contributed by atoms with Crippen LogP contribution >= 0.6 is 31.9 Å². The molecule has 2 amide bonds. The molecule has 7 rings (SSSR count). The maximum atomic E-state index is 14.3. The summed E-state index contributed by atoms with van der Waals surface area (Å²) in [6, 6.07) is 9.13. The minimum Gasteiger partial charge on any atom is -0.503 e. The molecule has 2 aromatic rings. The number of phenols is 1. The average Bonchev–Trinajstić information content (AvgIpc) is 3.31. The first-order valence-electron chi connectivity index (χ1n) is 14.9. The number of ether oxygens (including phenoxy) is 2. The third-order valence-electron chi connectivity index (χ3n) is 9.75. The quantitative estimate of drug-likeness (QED) is 0.253. The summed E-state index contributed by atoms with van der Waals surface area (Å²) in [4.78, 5) is 58.9. The highest BCUT2D eigenvalue weighted by Gasteiger charge is 2.57. The number of imide groups is 1. The molecule has 2 heterocycles. The van der Waals surface area contributed by atoms with E-state index >= 15 is 0 Å². The number of morpholine rings is 1. The predicted octanol–water partition coefficient (Wildman–Crippen LogP) is 5.40. The number of benzene rings is 2. The molecule has 2 fully saturated rings. The largest absolute Gasteiger partial charge is 0.503 e. The van der Waals surface area contributed by atoms with Gasteiger partial charge < -0.3 is 19.5 Å². The number of ketones is 2. The number of rotatable bonds is 4. The Labute approximate surface area is 276 Å². The van der Waals surface area contributed by atoms with Crippen molar-refractivity contribution in [3.8, 4) is 11.5 Å². The van der Waals surface area contributed by atoms with Crippen molar-refractivity contribution in [2.45, 2.75) is 25.7 Å². The number of hydrogen-bond donors (Lipinski definition) is 1. The van der Waals surface area contributed by atoms with Crippen molar-refractivity contribution in [3.63, 3.8) is 0 Å². The monoisotopic (exact) mass is 736 g/mol. The lowest BCUT2D eigenvalue weighted by Crippen LogP contribution is -2.40. The fourth-order valence-electron chi connectivity index (χ4n) is 7.60. The minimum absolute atomic E-state index is 0.110. The molecule has 1 N–H and O–H groups in total. The van der Waals surface area contributed by atoms with Gasteiger partial charge in [0.15, 0.2) is 23.1 Å². The van der Waals surface area contributed by atoms with Crippen molar-refractivity contribution < 1.29 is 33.8 Å². The second-order valence-corrected chi connectivity index (χ2v) is 13.6. The second-order valence-electron chi connectivity index (χ2n) is 12.0. The Hall–Kier alpha value is -3.54. The number of allylic oxidation sites excluding steroid dienone is 6. The number of fused-ring (bicyclic) bond motifs is 3. The summed E-state index contributed by atoms with van der Waals surface area (Å²) < 4.78 is 11.7. The van der Waals surface area contributed by atoms with Crippen LogP contribution in [-0.4, -0.2) is 61.9 Å². The third kappa shape index (κ3) is 4.65. The lowest BCUT2D eigenvalue weighted by Gasteiger charge is -2.42. The Morgan fingerprint density at radius 1 is 0.956 bits per heavy atom. The minimum atomic E-state index is -0.691. The number of Topliss-reactive ketones (excluding diaryl/α,β-unsaturated/α-hetero) is 1. The number of carbonyl (C=O) groups excluding carboxylic acids is 4. The number of halogens is 2. The van der Waals surface area contributed by atoms with Gasteiger partial charge in [-0.2, -0.15) is 0 Å². The molecule has 2 aromatic carbocycles. The molecule has 5 aliphatic rings. The summed E-state index contributed by atoms with van der Waals surface area (Å²) in [5.41, 5.74) is 4.02. The maximum Gasteiger partial charge on any atom is 0.238 e. The average molecular weight is 738 g/mol. The molecule has 0 saturated carbocycles. The smallest absolute Gasteiger partial charge is 0.238 e. The zero-order chi connectivity index (χ0) is 31.7. The molecular weight excluding hydrogens is 708 g/mol. The van der Waals surface area contributed by atoms with Gasteiger partial charge in [0.05, 0.1) is 42.3 Å². The molecule has 0 aromatic heterocycles. The van der Waals surface area contributed by atoms with Gasteiger partial charge in [-0.1, -0.05) is 11.6 Å². The predicted molar refractivity (Wildman–Crippen MR) is 173 cm³/mol. The summed E-state index contributed by atoms with van der Waals surface area (Å²) >= 11 is 7.04. The Morgan fingerprint density at radius 2 is 1.64 bits per heavy atom. The number of nitrogens with zero attached hydrogens (tertiary/aromatic N) is 2. The molecule has 11 heteroatoms. The van der Waals surface area contributed by atoms with E-state index in [4.69, 9.17) is 9.47 Å². The number of methoxy groups -OCH3 is 1. The van der Waals surface area contributed by atoms with Crippen LogP contribution in [0, 0.1) is 17.8 Å². The molecular formula is C34H30Br2N2O7. The highest BCUT2D eigenvalue weighted by Crippen LogP contribution is 2.57. The molecule has 9 nitrogen and oxygen atoms in total. The molecule has 2 saturated heterocycles. The standard InChI is InChI=1S/C34H30Br2N2O7/c1-16-13-24(39)28-23(31(16)40)14-21-19(26(28)22-15-25(44-2)32(41)30(36)29(22)35)7-8-20-27(21)34(43)38(33(20)42)18-5-3-17(4-6-18)37-9-11-45-12-10-37/h3-7,13,15,20-21,26-27,41H,8-12,14H2,1-2H3. The number of phenolic OH excluding ortho intramolecular Hbond substituents is 1. The van der Waals surface area contributed by atoms with Gasteiger partial charge in [0.1, 0.15) is 0 Å². The van der Waals surface area contributed by atoms with Crippen molar-refractivity contribution in [3.05, 3.63) is 79.3 Å². The highest BCUT2D eigenvalue weighted by atomic mass is 79.9. The van der Waals surface area contributed by atoms with Gasteiger partial charge in [-0.15, -0.1) is 0 Å². The van der Waals surface area contributed by atoms with Gasteiger partial charge in [0.2, 0.25) is 11.8 Å². The van der Waals surface area contributed by atoms with E-state index in [1.54, 1.807) is 13.0 Å². The van der Waals surface area contributed by atoms with Crippen LogP contribution in [0.3, 0.4) is 0 Å². The van der Waals surface area contributed by atoms with Gasteiger partial charge in [0, 0.05) is 45.9 Å². The summed E-state index contributed by atoms with van der Waals surface area (Å²) in [5, 5.41) is 10.7. The van der Waals surface area contributed by atoms with Crippen LogP contribution in [0.25, 0.3) is 0 Å². The molecule has 232 valence electrons. The van der Waals surface area contributed by atoms with Gasteiger partial charge in [0.25, 0.3) is 0 Å². The van der Waals surface area contributed by atoms with E-state index in [1.807, 2.05) is 30.3 Å². The van der Waals surface area contributed by atoms with Crippen LogP contribution in [0.15, 0.2) is 73.7 Å². The number of anilines is 2. The maximum absolute atomic E-state index is 14.3. The Balaban J connectivity index is 1.30. The van der Waals surface area contributed by atoms with Crippen LogP contribution < -0.4 is 14.5 Å². The van der Waals surface area contributed by atoms with E-state index < -0.39 is 23.7 Å². The van der Waals surface area contributed by atoms with Crippen molar-refractivity contribution in [1.82, 2.24) is 0 Å². The molecule has 4 atom stereocenters. The van der Waals surface area contributed by atoms with Gasteiger partial charge in [-0.3, -0.25) is 24.1 Å². The van der Waals surface area contributed by atoms with Crippen molar-refractivity contribution in [2.24, 2.45) is 17.8 Å². The van der Waals surface area contributed by atoms with Crippen LogP contribution in [0.1, 0.15) is 31.2 Å². The van der Waals surface area contributed by atoms with E-state index in [1.165, 1.54) is 18.1 Å². The van der Waals surface area contributed by atoms with Crippen LogP contribution in [0.5, 0.6) is 11.5 Å². The number of hydrogen-bond acceptors (Lipinski definition) is 8. The summed E-state index contributed by atoms with van der Waals surface area (Å²) in [7, 11) is 1.43. The lowest BCUT2D eigenvalue weighted by molar-refractivity contribution is -0.123. The lowest BCUT2D eigenvalue weighted by atomic mass is 9.59. The second kappa shape index (κ2) is 11.4. The number of aromatic hydroxyl groups is 1. The Kier molecular flexibility index (Phi) is 7.61. The van der Waals surface area contributed by atoms with Gasteiger partial charge in [-0.25, -0.2) is 0 Å². The van der Waals surface area contributed by atoms with Crippen molar-refractivity contribution in [1.29, 1.82) is 0 Å². The zero-order valence-corrected chi connectivity index (χ0v) is 27.8. The van der Waals surface area contributed by atoms with Crippen LogP contribution in [0.4, 0.5) is 11.4 Å². The topological polar surface area (TPSA) is 113 Å². The first-order valence-corrected chi connectivity index (χ1v) is 16.5.